The summed E-state index contributed by atoms with van der Waals surface area (Å²) in [7, 11) is 6.11. The minimum absolute atomic E-state index is 0.0103. The van der Waals surface area contributed by atoms with Crippen molar-refractivity contribution in [1.29, 1.82) is 0 Å². The second kappa shape index (κ2) is 7.11. The number of ether oxygens (including phenoxy) is 1. The third-order valence-electron chi connectivity index (χ3n) is 5.61. The summed E-state index contributed by atoms with van der Waals surface area (Å²) >= 11 is 0. The molecule has 2 amide bonds. The zero-order valence-corrected chi connectivity index (χ0v) is 15.0. The fraction of sp³-hybridized carbons (Fsp3) is 0.765. The van der Waals surface area contributed by atoms with Gasteiger partial charge in [-0.3, -0.25) is 4.68 Å². The van der Waals surface area contributed by atoms with Gasteiger partial charge in [0.1, 0.15) is 0 Å². The maximum absolute atomic E-state index is 12.6. The van der Waals surface area contributed by atoms with Gasteiger partial charge < -0.3 is 19.9 Å². The van der Waals surface area contributed by atoms with E-state index in [2.05, 4.69) is 35.6 Å². The van der Waals surface area contributed by atoms with Crippen molar-refractivity contribution < 1.29 is 9.53 Å². The summed E-state index contributed by atoms with van der Waals surface area (Å²) in [6, 6.07) is 0.0501. The maximum Gasteiger partial charge on any atom is 0.317 e. The van der Waals surface area contributed by atoms with Crippen molar-refractivity contribution in [2.45, 2.75) is 30.7 Å². The van der Waals surface area contributed by atoms with E-state index in [4.69, 9.17) is 4.74 Å². The number of aromatic nitrogens is 2. The van der Waals surface area contributed by atoms with Gasteiger partial charge in [-0.25, -0.2) is 4.79 Å². The van der Waals surface area contributed by atoms with Crippen molar-refractivity contribution in [2.75, 3.05) is 46.9 Å². The molecule has 1 aromatic rings. The van der Waals surface area contributed by atoms with Gasteiger partial charge >= 0.3 is 6.03 Å². The largest absolute Gasteiger partial charge is 0.381 e. The van der Waals surface area contributed by atoms with Gasteiger partial charge in [-0.1, -0.05) is 0 Å². The molecule has 134 valence electrons. The lowest BCUT2D eigenvalue weighted by molar-refractivity contribution is -0.00613. The first-order valence-electron chi connectivity index (χ1n) is 8.77. The van der Waals surface area contributed by atoms with Gasteiger partial charge in [0.05, 0.1) is 6.20 Å². The molecule has 7 nitrogen and oxygen atoms in total. The smallest absolute Gasteiger partial charge is 0.317 e. The maximum atomic E-state index is 12.6. The third-order valence-corrected chi connectivity index (χ3v) is 5.61. The van der Waals surface area contributed by atoms with Crippen molar-refractivity contribution in [2.24, 2.45) is 7.05 Å². The number of urea groups is 1. The minimum atomic E-state index is 0.0103. The van der Waals surface area contributed by atoms with Gasteiger partial charge in [0.15, 0.2) is 0 Å². The van der Waals surface area contributed by atoms with Crippen molar-refractivity contribution in [3.05, 3.63) is 18.0 Å². The van der Waals surface area contributed by atoms with E-state index in [1.165, 1.54) is 5.56 Å². The van der Waals surface area contributed by atoms with Crippen LogP contribution in [-0.4, -0.2) is 78.1 Å². The fourth-order valence-electron chi connectivity index (χ4n) is 3.75. The Bertz CT molecular complexity index is 565. The Morgan fingerprint density at radius 2 is 2.21 bits per heavy atom. The molecule has 0 bridgehead atoms. The highest BCUT2D eigenvalue weighted by Crippen LogP contribution is 2.28. The molecule has 0 radical (unpaired) electrons. The Kier molecular flexibility index (Phi) is 5.10. The van der Waals surface area contributed by atoms with Crippen LogP contribution in [0.1, 0.15) is 30.7 Å². The zero-order chi connectivity index (χ0) is 17.2. The van der Waals surface area contributed by atoms with E-state index in [0.717, 1.165) is 45.6 Å². The summed E-state index contributed by atoms with van der Waals surface area (Å²) in [5.74, 6) is 0.398. The number of hydrogen-bond acceptors (Lipinski definition) is 4. The van der Waals surface area contributed by atoms with E-state index in [0.29, 0.717) is 12.5 Å². The summed E-state index contributed by atoms with van der Waals surface area (Å²) in [4.78, 5) is 16.7. The quantitative estimate of drug-likeness (QED) is 0.893. The Balaban J connectivity index is 1.53. The molecule has 1 atom stereocenters. The third kappa shape index (κ3) is 3.57. The average molecular weight is 335 g/mol. The van der Waals surface area contributed by atoms with Gasteiger partial charge in [-0.15, -0.1) is 0 Å². The fourth-order valence-corrected chi connectivity index (χ4v) is 3.75. The van der Waals surface area contributed by atoms with Crippen molar-refractivity contribution in [1.82, 2.24) is 24.9 Å². The summed E-state index contributed by atoms with van der Waals surface area (Å²) in [6.45, 7) is 3.79. The normalized spacial score (nSPS) is 23.7. The highest BCUT2D eigenvalue weighted by atomic mass is 16.5. The highest BCUT2D eigenvalue weighted by molar-refractivity contribution is 5.74. The van der Waals surface area contributed by atoms with Crippen LogP contribution >= 0.6 is 0 Å². The number of carbonyl (C=O) groups is 1. The summed E-state index contributed by atoms with van der Waals surface area (Å²) in [6.07, 6.45) is 6.88. The minimum Gasteiger partial charge on any atom is -0.381 e. The Morgan fingerprint density at radius 1 is 1.46 bits per heavy atom. The number of aryl methyl sites for hydroxylation is 1. The molecule has 0 spiro atoms. The highest BCUT2D eigenvalue weighted by Gasteiger charge is 2.36. The molecule has 1 N–H and O–H groups in total. The molecule has 2 aliphatic heterocycles. The molecule has 2 aliphatic rings. The Labute approximate surface area is 143 Å². The monoisotopic (exact) mass is 335 g/mol. The lowest BCUT2D eigenvalue weighted by Gasteiger charge is -2.43. The summed E-state index contributed by atoms with van der Waals surface area (Å²) in [5, 5.41) is 7.40. The number of nitrogens with one attached hydrogen (secondary N) is 1. The average Bonchev–Trinajstić information content (AvgIpc) is 3.22. The molecule has 2 fully saturated rings. The number of hydrogen-bond donors (Lipinski definition) is 1. The molecular weight excluding hydrogens is 306 g/mol. The van der Waals surface area contributed by atoms with Crippen LogP contribution in [0.15, 0.2) is 12.4 Å². The Morgan fingerprint density at radius 3 is 2.83 bits per heavy atom. The lowest BCUT2D eigenvalue weighted by atomic mass is 9.88. The van der Waals surface area contributed by atoms with Crippen LogP contribution in [-0.2, 0) is 11.8 Å². The van der Waals surface area contributed by atoms with Gasteiger partial charge in [0, 0.05) is 57.5 Å². The number of nitrogens with zero attached hydrogens (tertiary/aromatic N) is 4. The standard InChI is InChI=1S/C17H29N5O2/c1-20(2)17(5-8-24-9-6-17)13-18-16(23)22-7-4-14(12-22)15-10-19-21(3)11-15/h10-11,14H,4-9,12-13H2,1-3H3,(H,18,23). The molecule has 2 saturated heterocycles. The SMILES string of the molecule is CN(C)C1(CNC(=O)N2CCC(c3cnn(C)c3)C2)CCOCC1. The molecule has 7 heteroatoms. The van der Waals surface area contributed by atoms with Crippen molar-refractivity contribution in [3.8, 4) is 0 Å². The Hall–Kier alpha value is -1.60. The zero-order valence-electron chi connectivity index (χ0n) is 15.0. The van der Waals surface area contributed by atoms with Crippen LogP contribution < -0.4 is 5.32 Å². The van der Waals surface area contributed by atoms with Crippen molar-refractivity contribution in [3.63, 3.8) is 0 Å². The first-order chi connectivity index (χ1) is 11.5. The number of rotatable bonds is 4. The molecule has 3 rings (SSSR count). The number of likely N-dealkylation sites (N-methyl/N-ethyl adjacent to an activating group) is 1. The van der Waals surface area contributed by atoms with E-state index < -0.39 is 0 Å². The number of amides is 2. The summed E-state index contributed by atoms with van der Waals surface area (Å²) in [5.41, 5.74) is 1.23. The molecule has 0 saturated carbocycles. The van der Waals surface area contributed by atoms with Crippen LogP contribution in [0.4, 0.5) is 4.79 Å². The first-order valence-corrected chi connectivity index (χ1v) is 8.77. The van der Waals surface area contributed by atoms with E-state index in [9.17, 15) is 4.79 Å². The summed E-state index contributed by atoms with van der Waals surface area (Å²) < 4.78 is 7.31. The predicted molar refractivity (Wildman–Crippen MR) is 92.0 cm³/mol. The second-order valence-corrected chi connectivity index (χ2v) is 7.27. The predicted octanol–water partition coefficient (Wildman–Crippen LogP) is 1.03. The van der Waals surface area contributed by atoms with Gasteiger partial charge in [-0.2, -0.15) is 5.10 Å². The first kappa shape index (κ1) is 17.2. The molecule has 1 aromatic heterocycles. The molecular formula is C17H29N5O2. The number of likely N-dealkylation sites (tertiary alicyclic amines) is 1. The molecule has 0 aliphatic carbocycles. The molecule has 1 unspecified atom stereocenters. The van der Waals surface area contributed by atoms with Crippen LogP contribution in [0.2, 0.25) is 0 Å². The van der Waals surface area contributed by atoms with Crippen LogP contribution in [0.3, 0.4) is 0 Å². The van der Waals surface area contributed by atoms with Gasteiger partial charge in [0.2, 0.25) is 0 Å². The number of carbonyl (C=O) groups excluding carboxylic acids is 1. The van der Waals surface area contributed by atoms with E-state index in [1.807, 2.05) is 22.8 Å². The van der Waals surface area contributed by atoms with Crippen LogP contribution in [0.5, 0.6) is 0 Å². The van der Waals surface area contributed by atoms with Gasteiger partial charge in [0.25, 0.3) is 0 Å². The molecule has 3 heterocycles. The van der Waals surface area contributed by atoms with Crippen LogP contribution in [0.25, 0.3) is 0 Å². The van der Waals surface area contributed by atoms with E-state index in [-0.39, 0.29) is 11.6 Å². The topological polar surface area (TPSA) is 62.6 Å². The lowest BCUT2D eigenvalue weighted by Crippen LogP contribution is -2.57. The van der Waals surface area contributed by atoms with Gasteiger partial charge in [-0.05, 0) is 38.9 Å². The van der Waals surface area contributed by atoms with E-state index in [1.54, 1.807) is 0 Å². The van der Waals surface area contributed by atoms with Crippen molar-refractivity contribution >= 4 is 6.03 Å². The molecule has 24 heavy (non-hydrogen) atoms. The van der Waals surface area contributed by atoms with E-state index >= 15 is 0 Å². The molecule has 0 aromatic carbocycles. The van der Waals surface area contributed by atoms with Crippen LogP contribution in [0, 0.1) is 0 Å². The second-order valence-electron chi connectivity index (χ2n) is 7.27.